The fourth-order valence-electron chi connectivity index (χ4n) is 2.74. The lowest BCUT2D eigenvalue weighted by atomic mass is 9.92. The molecule has 1 saturated heterocycles. The van der Waals surface area contributed by atoms with Gasteiger partial charge in [0.1, 0.15) is 5.75 Å². The van der Waals surface area contributed by atoms with E-state index in [1.165, 1.54) is 0 Å². The summed E-state index contributed by atoms with van der Waals surface area (Å²) in [5.41, 5.74) is 1.05. The molecule has 96 valence electrons. The molecule has 3 rings (SSSR count). The highest BCUT2D eigenvalue weighted by Gasteiger charge is 2.33. The van der Waals surface area contributed by atoms with Gasteiger partial charge in [0, 0.05) is 23.5 Å². The fourth-order valence-corrected chi connectivity index (χ4v) is 3.29. The number of benzene rings is 1. The minimum absolute atomic E-state index is 0.0206. The van der Waals surface area contributed by atoms with Gasteiger partial charge >= 0.3 is 0 Å². The summed E-state index contributed by atoms with van der Waals surface area (Å²) in [4.78, 5) is 15.0. The van der Waals surface area contributed by atoms with Gasteiger partial charge in [0.05, 0.1) is 12.5 Å². The summed E-state index contributed by atoms with van der Waals surface area (Å²) < 4.78 is 5.61. The maximum atomic E-state index is 12.6. The smallest absolute Gasteiger partial charge is 0.230 e. The lowest BCUT2D eigenvalue weighted by molar-refractivity contribution is -0.132. The van der Waals surface area contributed by atoms with E-state index >= 15 is 0 Å². The van der Waals surface area contributed by atoms with Crippen molar-refractivity contribution in [2.45, 2.75) is 23.6 Å². The van der Waals surface area contributed by atoms with E-state index in [0.29, 0.717) is 11.4 Å². The van der Waals surface area contributed by atoms with Crippen molar-refractivity contribution in [2.24, 2.45) is 0 Å². The highest BCUT2D eigenvalue weighted by Crippen LogP contribution is 2.35. The van der Waals surface area contributed by atoms with Crippen LogP contribution >= 0.6 is 15.9 Å². The number of hydrogen-bond donors (Lipinski definition) is 0. The third kappa shape index (κ3) is 2.14. The maximum absolute atomic E-state index is 12.6. The molecule has 2 heterocycles. The Labute approximate surface area is 115 Å². The van der Waals surface area contributed by atoms with Crippen molar-refractivity contribution < 1.29 is 9.53 Å². The number of nitrogens with zero attached hydrogens (tertiary/aromatic N) is 1. The second-order valence-electron chi connectivity index (χ2n) is 4.90. The van der Waals surface area contributed by atoms with E-state index in [1.807, 2.05) is 29.2 Å². The van der Waals surface area contributed by atoms with Crippen molar-refractivity contribution >= 4 is 21.8 Å². The molecule has 18 heavy (non-hydrogen) atoms. The van der Waals surface area contributed by atoms with Crippen LogP contribution in [0.25, 0.3) is 0 Å². The second-order valence-corrected chi connectivity index (χ2v) is 6.19. The summed E-state index contributed by atoms with van der Waals surface area (Å²) >= 11 is 3.58. The van der Waals surface area contributed by atoms with Crippen molar-refractivity contribution in [3.63, 3.8) is 0 Å². The summed E-state index contributed by atoms with van der Waals surface area (Å²) in [5, 5.41) is 0. The number of ether oxygens (including phenoxy) is 1. The van der Waals surface area contributed by atoms with E-state index in [-0.39, 0.29) is 11.8 Å². The van der Waals surface area contributed by atoms with Crippen LogP contribution in [0.15, 0.2) is 24.3 Å². The molecule has 1 aromatic rings. The van der Waals surface area contributed by atoms with Crippen molar-refractivity contribution in [3.05, 3.63) is 29.8 Å². The number of para-hydroxylation sites is 1. The molecule has 0 aromatic heterocycles. The molecule has 0 bridgehead atoms. The van der Waals surface area contributed by atoms with Crippen molar-refractivity contribution in [2.75, 3.05) is 19.7 Å². The van der Waals surface area contributed by atoms with Crippen LogP contribution in [0.5, 0.6) is 5.75 Å². The topological polar surface area (TPSA) is 29.5 Å². The molecule has 0 N–H and O–H groups in total. The van der Waals surface area contributed by atoms with Gasteiger partial charge in [0.15, 0.2) is 0 Å². The van der Waals surface area contributed by atoms with Crippen molar-refractivity contribution in [3.8, 4) is 5.75 Å². The Bertz CT molecular complexity index is 463. The molecule has 1 aromatic carbocycles. The normalized spacial score (nSPS) is 26.6. The van der Waals surface area contributed by atoms with Crippen LogP contribution in [0.1, 0.15) is 24.3 Å². The first kappa shape index (κ1) is 12.0. The number of carbonyl (C=O) groups is 1. The van der Waals surface area contributed by atoms with Crippen LogP contribution in [0.2, 0.25) is 0 Å². The number of carbonyl (C=O) groups excluding carboxylic acids is 1. The van der Waals surface area contributed by atoms with Crippen LogP contribution in [0.3, 0.4) is 0 Å². The Kier molecular flexibility index (Phi) is 3.29. The van der Waals surface area contributed by atoms with Gasteiger partial charge < -0.3 is 9.64 Å². The SMILES string of the molecule is O=C(C1CCOc2ccccc21)N1CCC(Br)C1. The van der Waals surface area contributed by atoms with E-state index in [9.17, 15) is 4.79 Å². The number of fused-ring (bicyclic) bond motifs is 1. The van der Waals surface area contributed by atoms with E-state index in [2.05, 4.69) is 15.9 Å². The molecule has 3 nitrogen and oxygen atoms in total. The van der Waals surface area contributed by atoms with Crippen LogP contribution in [-0.4, -0.2) is 35.3 Å². The summed E-state index contributed by atoms with van der Waals surface area (Å²) in [5.74, 6) is 1.11. The van der Waals surface area contributed by atoms with Gasteiger partial charge in [-0.15, -0.1) is 0 Å². The minimum Gasteiger partial charge on any atom is -0.493 e. The van der Waals surface area contributed by atoms with E-state index < -0.39 is 0 Å². The number of hydrogen-bond acceptors (Lipinski definition) is 2. The largest absolute Gasteiger partial charge is 0.493 e. The summed E-state index contributed by atoms with van der Waals surface area (Å²) in [7, 11) is 0. The van der Waals surface area contributed by atoms with Crippen LogP contribution in [0, 0.1) is 0 Å². The third-order valence-corrected chi connectivity index (χ3v) is 4.45. The van der Waals surface area contributed by atoms with Crippen molar-refractivity contribution in [1.82, 2.24) is 4.90 Å². The number of likely N-dealkylation sites (tertiary alicyclic amines) is 1. The molecule has 2 aliphatic heterocycles. The van der Waals surface area contributed by atoms with Gasteiger partial charge in [-0.1, -0.05) is 34.1 Å². The lowest BCUT2D eigenvalue weighted by Gasteiger charge is -2.28. The third-order valence-electron chi connectivity index (χ3n) is 3.70. The van der Waals surface area contributed by atoms with E-state index in [1.54, 1.807) is 0 Å². The molecule has 0 radical (unpaired) electrons. The first-order chi connectivity index (χ1) is 8.75. The van der Waals surface area contributed by atoms with Crippen LogP contribution in [-0.2, 0) is 4.79 Å². The molecular formula is C14H16BrNO2. The van der Waals surface area contributed by atoms with Crippen LogP contribution in [0.4, 0.5) is 0 Å². The van der Waals surface area contributed by atoms with Gasteiger partial charge in [-0.05, 0) is 18.9 Å². The molecule has 0 aliphatic carbocycles. The van der Waals surface area contributed by atoms with Gasteiger partial charge in [0.25, 0.3) is 0 Å². The zero-order chi connectivity index (χ0) is 12.5. The predicted molar refractivity (Wildman–Crippen MR) is 73.2 cm³/mol. The highest BCUT2D eigenvalue weighted by molar-refractivity contribution is 9.09. The molecule has 4 heteroatoms. The Morgan fingerprint density at radius 1 is 1.33 bits per heavy atom. The lowest BCUT2D eigenvalue weighted by Crippen LogP contribution is -2.35. The minimum atomic E-state index is -0.0206. The molecule has 0 saturated carbocycles. The molecule has 1 fully saturated rings. The first-order valence-corrected chi connectivity index (χ1v) is 7.32. The monoisotopic (exact) mass is 309 g/mol. The average molecular weight is 310 g/mol. The Morgan fingerprint density at radius 3 is 2.94 bits per heavy atom. The number of halogens is 1. The second kappa shape index (κ2) is 4.92. The quantitative estimate of drug-likeness (QED) is 0.746. The average Bonchev–Trinajstić information content (AvgIpc) is 2.84. The Hall–Kier alpha value is -1.03. The standard InChI is InChI=1S/C14H16BrNO2/c15-10-5-7-16(9-10)14(17)12-6-8-18-13-4-2-1-3-11(12)13/h1-4,10,12H,5-9H2. The fraction of sp³-hybridized carbons (Fsp3) is 0.500. The number of rotatable bonds is 1. The summed E-state index contributed by atoms with van der Waals surface area (Å²) in [6.07, 6.45) is 1.84. The molecule has 2 unspecified atom stereocenters. The van der Waals surface area contributed by atoms with Gasteiger partial charge in [-0.25, -0.2) is 0 Å². The molecule has 2 atom stereocenters. The predicted octanol–water partition coefficient (Wildman–Crippen LogP) is 2.55. The van der Waals surface area contributed by atoms with Gasteiger partial charge in [-0.2, -0.15) is 0 Å². The van der Waals surface area contributed by atoms with Crippen molar-refractivity contribution in [1.29, 1.82) is 0 Å². The summed E-state index contributed by atoms with van der Waals surface area (Å²) in [6.45, 7) is 2.34. The van der Waals surface area contributed by atoms with E-state index in [0.717, 1.165) is 37.2 Å². The Balaban J connectivity index is 1.83. The number of alkyl halides is 1. The van der Waals surface area contributed by atoms with Gasteiger partial charge in [0.2, 0.25) is 5.91 Å². The summed E-state index contributed by atoms with van der Waals surface area (Å²) in [6, 6.07) is 7.89. The molecule has 1 amide bonds. The molecule has 2 aliphatic rings. The highest BCUT2D eigenvalue weighted by atomic mass is 79.9. The van der Waals surface area contributed by atoms with E-state index in [4.69, 9.17) is 4.74 Å². The Morgan fingerprint density at radius 2 is 2.17 bits per heavy atom. The van der Waals surface area contributed by atoms with Crippen LogP contribution < -0.4 is 4.74 Å². The molecular weight excluding hydrogens is 294 g/mol. The number of amides is 1. The molecule has 0 spiro atoms. The first-order valence-electron chi connectivity index (χ1n) is 6.40. The zero-order valence-electron chi connectivity index (χ0n) is 10.1. The zero-order valence-corrected chi connectivity index (χ0v) is 11.7. The van der Waals surface area contributed by atoms with Gasteiger partial charge in [-0.3, -0.25) is 4.79 Å². The maximum Gasteiger partial charge on any atom is 0.230 e.